The first-order valence-electron chi connectivity index (χ1n) is 3.46. The average molecular weight is 242 g/mol. The van der Waals surface area contributed by atoms with Crippen molar-refractivity contribution in [3.63, 3.8) is 0 Å². The van der Waals surface area contributed by atoms with Crippen LogP contribution in [0.4, 0.5) is 0 Å². The Hall–Kier alpha value is -0.310. The Balaban J connectivity index is 2.51. The fourth-order valence-electron chi connectivity index (χ4n) is 0.708. The van der Waals surface area contributed by atoms with E-state index >= 15 is 0 Å². The SMILES string of the molecule is Oc1ccc(OCC(Cl)(Cl)Cl)cc1. The van der Waals surface area contributed by atoms with Crippen LogP contribution in [0.3, 0.4) is 0 Å². The average Bonchev–Trinajstić information content (AvgIpc) is 2.02. The van der Waals surface area contributed by atoms with E-state index in [4.69, 9.17) is 44.6 Å². The van der Waals surface area contributed by atoms with Crippen LogP contribution in [0, 0.1) is 0 Å². The molecule has 2 nitrogen and oxygen atoms in total. The Kier molecular flexibility index (Phi) is 3.54. The summed E-state index contributed by atoms with van der Waals surface area (Å²) in [7, 11) is 0. The van der Waals surface area contributed by atoms with Gasteiger partial charge >= 0.3 is 0 Å². The molecule has 0 bridgehead atoms. The van der Waals surface area contributed by atoms with Crippen molar-refractivity contribution < 1.29 is 9.84 Å². The monoisotopic (exact) mass is 240 g/mol. The molecule has 0 aliphatic carbocycles. The molecule has 0 aliphatic heterocycles. The predicted octanol–water partition coefficient (Wildman–Crippen LogP) is 3.14. The van der Waals surface area contributed by atoms with E-state index in [2.05, 4.69) is 0 Å². The first kappa shape index (κ1) is 10.8. The number of aromatic hydroxyl groups is 1. The van der Waals surface area contributed by atoms with Gasteiger partial charge in [0, 0.05) is 0 Å². The number of phenolic OH excluding ortho intramolecular Hbond substituents is 1. The van der Waals surface area contributed by atoms with E-state index < -0.39 is 3.79 Å². The van der Waals surface area contributed by atoms with Crippen molar-refractivity contribution in [2.24, 2.45) is 0 Å². The summed E-state index contributed by atoms with van der Waals surface area (Å²) in [5.41, 5.74) is 0. The third kappa shape index (κ3) is 4.46. The molecule has 72 valence electrons. The lowest BCUT2D eigenvalue weighted by Crippen LogP contribution is -2.15. The lowest BCUT2D eigenvalue weighted by molar-refractivity contribution is 0.325. The highest BCUT2D eigenvalue weighted by Crippen LogP contribution is 2.27. The molecule has 1 rings (SSSR count). The van der Waals surface area contributed by atoms with E-state index in [0.717, 1.165) is 0 Å². The number of halogens is 3. The summed E-state index contributed by atoms with van der Waals surface area (Å²) in [5.74, 6) is 0.713. The van der Waals surface area contributed by atoms with Crippen LogP contribution in [0.1, 0.15) is 0 Å². The second-order valence-electron chi connectivity index (χ2n) is 2.40. The summed E-state index contributed by atoms with van der Waals surface area (Å²) >= 11 is 16.4. The smallest absolute Gasteiger partial charge is 0.223 e. The normalized spacial score (nSPS) is 11.3. The molecule has 0 fully saturated rings. The highest BCUT2D eigenvalue weighted by Gasteiger charge is 2.20. The quantitative estimate of drug-likeness (QED) is 0.806. The second-order valence-corrected chi connectivity index (χ2v) is 4.91. The maximum absolute atomic E-state index is 8.95. The fourth-order valence-corrected chi connectivity index (χ4v) is 0.871. The van der Waals surface area contributed by atoms with E-state index in [-0.39, 0.29) is 12.4 Å². The van der Waals surface area contributed by atoms with Gasteiger partial charge in [-0.25, -0.2) is 0 Å². The van der Waals surface area contributed by atoms with Gasteiger partial charge in [0.05, 0.1) is 0 Å². The second kappa shape index (κ2) is 4.27. The van der Waals surface area contributed by atoms with Gasteiger partial charge in [-0.1, -0.05) is 34.8 Å². The van der Waals surface area contributed by atoms with Crippen LogP contribution in [0.25, 0.3) is 0 Å². The predicted molar refractivity (Wildman–Crippen MR) is 53.9 cm³/mol. The summed E-state index contributed by atoms with van der Waals surface area (Å²) in [6, 6.07) is 6.17. The molecule has 0 saturated carbocycles. The van der Waals surface area contributed by atoms with Gasteiger partial charge in [-0.2, -0.15) is 0 Å². The van der Waals surface area contributed by atoms with Crippen molar-refractivity contribution in [2.45, 2.75) is 3.79 Å². The molecule has 0 aromatic heterocycles. The van der Waals surface area contributed by atoms with Gasteiger partial charge in [0.25, 0.3) is 0 Å². The Morgan fingerprint density at radius 3 is 2.15 bits per heavy atom. The molecule has 0 spiro atoms. The molecule has 0 unspecified atom stereocenters. The number of phenols is 1. The molecule has 0 saturated heterocycles. The molecule has 0 heterocycles. The highest BCUT2D eigenvalue weighted by molar-refractivity contribution is 6.67. The van der Waals surface area contributed by atoms with Gasteiger partial charge < -0.3 is 9.84 Å². The summed E-state index contributed by atoms with van der Waals surface area (Å²) in [4.78, 5) is 0. The van der Waals surface area contributed by atoms with Crippen LogP contribution >= 0.6 is 34.8 Å². The maximum atomic E-state index is 8.95. The highest BCUT2D eigenvalue weighted by atomic mass is 35.6. The Morgan fingerprint density at radius 1 is 1.15 bits per heavy atom. The fraction of sp³-hybridized carbons (Fsp3) is 0.250. The number of hydrogen-bond donors (Lipinski definition) is 1. The zero-order valence-corrected chi connectivity index (χ0v) is 8.77. The first-order valence-corrected chi connectivity index (χ1v) is 4.59. The number of rotatable bonds is 2. The molecule has 1 aromatic rings. The van der Waals surface area contributed by atoms with Crippen molar-refractivity contribution in [3.05, 3.63) is 24.3 Å². The zero-order valence-electron chi connectivity index (χ0n) is 6.51. The molecular weight excluding hydrogens is 234 g/mol. The molecule has 1 aromatic carbocycles. The van der Waals surface area contributed by atoms with Crippen molar-refractivity contribution in [1.82, 2.24) is 0 Å². The van der Waals surface area contributed by atoms with E-state index in [9.17, 15) is 0 Å². The van der Waals surface area contributed by atoms with Crippen molar-refractivity contribution in [1.29, 1.82) is 0 Å². The van der Waals surface area contributed by atoms with Gasteiger partial charge in [0.2, 0.25) is 3.79 Å². The Morgan fingerprint density at radius 2 is 1.69 bits per heavy atom. The lowest BCUT2D eigenvalue weighted by Gasteiger charge is -2.12. The maximum Gasteiger partial charge on any atom is 0.223 e. The van der Waals surface area contributed by atoms with E-state index in [1.54, 1.807) is 12.1 Å². The molecule has 0 amide bonds. The molecule has 0 radical (unpaired) electrons. The van der Waals surface area contributed by atoms with Crippen LogP contribution in [-0.4, -0.2) is 15.5 Å². The minimum atomic E-state index is -1.42. The lowest BCUT2D eigenvalue weighted by atomic mass is 10.3. The summed E-state index contributed by atoms with van der Waals surface area (Å²) in [6.45, 7) is -0.0254. The van der Waals surface area contributed by atoms with Crippen LogP contribution < -0.4 is 4.74 Å². The molecule has 0 aliphatic rings. The minimum absolute atomic E-state index is 0.0254. The topological polar surface area (TPSA) is 29.5 Å². The van der Waals surface area contributed by atoms with E-state index in [1.807, 2.05) is 0 Å². The summed E-state index contributed by atoms with van der Waals surface area (Å²) in [5, 5.41) is 8.95. The zero-order chi connectivity index (χ0) is 9.90. The van der Waals surface area contributed by atoms with Gasteiger partial charge in [0.1, 0.15) is 18.1 Å². The number of alkyl halides is 3. The van der Waals surface area contributed by atoms with Gasteiger partial charge in [0.15, 0.2) is 0 Å². The van der Waals surface area contributed by atoms with Gasteiger partial charge in [-0.05, 0) is 24.3 Å². The third-order valence-corrected chi connectivity index (χ3v) is 1.57. The van der Waals surface area contributed by atoms with Crippen molar-refractivity contribution >= 4 is 34.8 Å². The van der Waals surface area contributed by atoms with Crippen molar-refractivity contribution in [2.75, 3.05) is 6.61 Å². The van der Waals surface area contributed by atoms with Crippen LogP contribution in [0.15, 0.2) is 24.3 Å². The third-order valence-electron chi connectivity index (χ3n) is 1.24. The molecule has 13 heavy (non-hydrogen) atoms. The molecule has 1 N–H and O–H groups in total. The number of ether oxygens (including phenoxy) is 1. The Labute approximate surface area is 91.0 Å². The van der Waals surface area contributed by atoms with Crippen LogP contribution in [-0.2, 0) is 0 Å². The molecular formula is C8H7Cl3O2. The Bertz CT molecular complexity index is 266. The van der Waals surface area contributed by atoms with Crippen LogP contribution in [0.5, 0.6) is 11.5 Å². The first-order chi connectivity index (χ1) is 5.97. The summed E-state index contributed by atoms with van der Waals surface area (Å²) in [6.07, 6.45) is 0. The van der Waals surface area contributed by atoms with E-state index in [0.29, 0.717) is 5.75 Å². The standard InChI is InChI=1S/C8H7Cl3O2/c9-8(10,11)5-13-7-3-1-6(12)2-4-7/h1-4,12H,5H2. The summed E-state index contributed by atoms with van der Waals surface area (Å²) < 4.78 is 3.70. The molecule has 0 atom stereocenters. The number of benzene rings is 1. The largest absolute Gasteiger partial charge is 0.508 e. The van der Waals surface area contributed by atoms with Gasteiger partial charge in [-0.15, -0.1) is 0 Å². The number of hydrogen-bond acceptors (Lipinski definition) is 2. The van der Waals surface area contributed by atoms with Crippen molar-refractivity contribution in [3.8, 4) is 11.5 Å². The minimum Gasteiger partial charge on any atom is -0.508 e. The van der Waals surface area contributed by atoms with Gasteiger partial charge in [-0.3, -0.25) is 0 Å². The molecule has 5 heteroatoms. The van der Waals surface area contributed by atoms with E-state index in [1.165, 1.54) is 12.1 Å². The van der Waals surface area contributed by atoms with Crippen LogP contribution in [0.2, 0.25) is 0 Å².